The van der Waals surface area contributed by atoms with Gasteiger partial charge in [-0.1, -0.05) is 18.2 Å². The van der Waals surface area contributed by atoms with Gasteiger partial charge in [-0.25, -0.2) is 0 Å². The Kier molecular flexibility index (Phi) is 2.51. The number of para-hydroxylation sites is 1. The first kappa shape index (κ1) is 10.8. The minimum absolute atomic E-state index is 0.0715. The molecule has 3 N–H and O–H groups in total. The van der Waals surface area contributed by atoms with Crippen molar-refractivity contribution in [3.63, 3.8) is 0 Å². The molecule has 0 saturated carbocycles. The largest absolute Gasteiger partial charge is 0.358 e. The van der Waals surface area contributed by atoms with Crippen LogP contribution in [0.25, 0.3) is 10.9 Å². The van der Waals surface area contributed by atoms with Gasteiger partial charge in [0.25, 0.3) is 0 Å². The van der Waals surface area contributed by atoms with Crippen LogP contribution in [0, 0.1) is 0 Å². The van der Waals surface area contributed by atoms with Crippen molar-refractivity contribution in [1.82, 2.24) is 15.6 Å². The second-order valence-electron chi connectivity index (χ2n) is 4.42. The molecule has 1 aromatic carbocycles. The summed E-state index contributed by atoms with van der Waals surface area (Å²) in [6, 6.07) is 9.43. The smallest absolute Gasteiger partial charge is 0.243 e. The lowest BCUT2D eigenvalue weighted by Crippen LogP contribution is -2.56. The van der Waals surface area contributed by atoms with Gasteiger partial charge in [-0.3, -0.25) is 9.59 Å². The third-order valence-electron chi connectivity index (χ3n) is 3.08. The van der Waals surface area contributed by atoms with Crippen molar-refractivity contribution in [1.29, 1.82) is 0 Å². The van der Waals surface area contributed by atoms with Crippen molar-refractivity contribution in [2.45, 2.75) is 12.5 Å². The van der Waals surface area contributed by atoms with Crippen LogP contribution in [0.15, 0.2) is 30.3 Å². The summed E-state index contributed by atoms with van der Waals surface area (Å²) >= 11 is 0. The highest BCUT2D eigenvalue weighted by atomic mass is 16.2. The van der Waals surface area contributed by atoms with E-state index in [0.29, 0.717) is 6.42 Å². The lowest BCUT2D eigenvalue weighted by Gasteiger charge is -2.22. The molecule has 92 valence electrons. The predicted octanol–water partition coefficient (Wildman–Crippen LogP) is 0.325. The molecule has 2 heterocycles. The summed E-state index contributed by atoms with van der Waals surface area (Å²) in [5, 5.41) is 6.37. The van der Waals surface area contributed by atoms with Crippen LogP contribution in [0.4, 0.5) is 0 Å². The number of nitrogens with one attached hydrogen (secondary N) is 3. The molecule has 3 rings (SSSR count). The molecule has 1 saturated heterocycles. The van der Waals surface area contributed by atoms with Crippen molar-refractivity contribution < 1.29 is 9.59 Å². The molecular formula is C13H13N3O2. The zero-order valence-corrected chi connectivity index (χ0v) is 9.69. The number of aromatic amines is 1. The lowest BCUT2D eigenvalue weighted by molar-refractivity contribution is -0.133. The van der Waals surface area contributed by atoms with E-state index in [2.05, 4.69) is 15.6 Å². The van der Waals surface area contributed by atoms with Crippen LogP contribution in [0.2, 0.25) is 0 Å². The average molecular weight is 243 g/mol. The summed E-state index contributed by atoms with van der Waals surface area (Å²) in [7, 11) is 0. The summed E-state index contributed by atoms with van der Waals surface area (Å²) < 4.78 is 0. The van der Waals surface area contributed by atoms with Crippen molar-refractivity contribution in [3.05, 3.63) is 36.0 Å². The minimum Gasteiger partial charge on any atom is -0.358 e. The Morgan fingerprint density at radius 2 is 2.06 bits per heavy atom. The summed E-state index contributed by atoms with van der Waals surface area (Å²) in [5.74, 6) is -0.274. The maximum Gasteiger partial charge on any atom is 0.243 e. The van der Waals surface area contributed by atoms with Gasteiger partial charge in [0, 0.05) is 17.6 Å². The van der Waals surface area contributed by atoms with E-state index < -0.39 is 6.04 Å². The summed E-state index contributed by atoms with van der Waals surface area (Å²) in [6.07, 6.45) is 0.478. The first-order valence-corrected chi connectivity index (χ1v) is 5.86. The van der Waals surface area contributed by atoms with Crippen molar-refractivity contribution in [2.24, 2.45) is 0 Å². The molecule has 1 aliphatic rings. The van der Waals surface area contributed by atoms with E-state index in [1.807, 2.05) is 30.3 Å². The van der Waals surface area contributed by atoms with Crippen LogP contribution in [-0.2, 0) is 16.0 Å². The molecular weight excluding hydrogens is 230 g/mol. The monoisotopic (exact) mass is 243 g/mol. The van der Waals surface area contributed by atoms with Crippen LogP contribution in [0.3, 0.4) is 0 Å². The van der Waals surface area contributed by atoms with Gasteiger partial charge < -0.3 is 15.6 Å². The Morgan fingerprint density at radius 1 is 1.22 bits per heavy atom. The molecule has 0 bridgehead atoms. The van der Waals surface area contributed by atoms with E-state index in [1.165, 1.54) is 0 Å². The van der Waals surface area contributed by atoms with Crippen LogP contribution >= 0.6 is 0 Å². The Labute approximate surface area is 104 Å². The number of hydrogen-bond donors (Lipinski definition) is 3. The maximum atomic E-state index is 11.6. The second kappa shape index (κ2) is 4.18. The highest BCUT2D eigenvalue weighted by Crippen LogP contribution is 2.16. The first-order valence-electron chi connectivity index (χ1n) is 5.86. The number of hydrogen-bond acceptors (Lipinski definition) is 2. The van der Waals surface area contributed by atoms with E-state index in [1.54, 1.807) is 0 Å². The van der Waals surface area contributed by atoms with Gasteiger partial charge in [0.1, 0.15) is 6.04 Å². The number of aromatic nitrogens is 1. The van der Waals surface area contributed by atoms with Gasteiger partial charge in [-0.15, -0.1) is 0 Å². The van der Waals surface area contributed by atoms with Gasteiger partial charge >= 0.3 is 0 Å². The van der Waals surface area contributed by atoms with Crippen molar-refractivity contribution in [3.8, 4) is 0 Å². The predicted molar refractivity (Wildman–Crippen MR) is 66.9 cm³/mol. The second-order valence-corrected chi connectivity index (χ2v) is 4.42. The topological polar surface area (TPSA) is 74.0 Å². The van der Waals surface area contributed by atoms with Gasteiger partial charge in [0.15, 0.2) is 0 Å². The van der Waals surface area contributed by atoms with Gasteiger partial charge in [-0.05, 0) is 17.5 Å². The highest BCUT2D eigenvalue weighted by molar-refractivity contribution is 5.95. The molecule has 5 heteroatoms. The van der Waals surface area contributed by atoms with Crippen molar-refractivity contribution in [2.75, 3.05) is 6.54 Å². The third-order valence-corrected chi connectivity index (χ3v) is 3.08. The molecule has 5 nitrogen and oxygen atoms in total. The van der Waals surface area contributed by atoms with E-state index in [0.717, 1.165) is 16.6 Å². The van der Waals surface area contributed by atoms with Crippen molar-refractivity contribution >= 4 is 22.7 Å². The molecule has 1 fully saturated rings. The molecule has 0 spiro atoms. The SMILES string of the molecule is O=C1CNC(=O)[C@H](Cc2cc3ccccc3[nH]2)N1. The molecule has 1 aliphatic heterocycles. The third kappa shape index (κ3) is 1.95. The number of H-pyrrole nitrogens is 1. The molecule has 0 unspecified atom stereocenters. The van der Waals surface area contributed by atoms with E-state index in [9.17, 15) is 9.59 Å². The Balaban J connectivity index is 1.83. The van der Waals surface area contributed by atoms with Crippen LogP contribution in [0.1, 0.15) is 5.69 Å². The number of amides is 2. The fourth-order valence-corrected chi connectivity index (χ4v) is 2.21. The van der Waals surface area contributed by atoms with Gasteiger partial charge in [-0.2, -0.15) is 0 Å². The fraction of sp³-hybridized carbons (Fsp3) is 0.231. The fourth-order valence-electron chi connectivity index (χ4n) is 2.21. The Morgan fingerprint density at radius 3 is 2.89 bits per heavy atom. The number of rotatable bonds is 2. The zero-order valence-electron chi connectivity index (χ0n) is 9.69. The van der Waals surface area contributed by atoms with E-state index in [4.69, 9.17) is 0 Å². The number of carbonyl (C=O) groups is 2. The molecule has 1 aromatic heterocycles. The first-order chi connectivity index (χ1) is 8.72. The maximum absolute atomic E-state index is 11.6. The molecule has 0 aliphatic carbocycles. The quantitative estimate of drug-likeness (QED) is 0.711. The van der Waals surface area contributed by atoms with E-state index >= 15 is 0 Å². The molecule has 1 atom stereocenters. The van der Waals surface area contributed by atoms with Crippen LogP contribution < -0.4 is 10.6 Å². The van der Waals surface area contributed by atoms with Crippen LogP contribution in [-0.4, -0.2) is 29.4 Å². The Hall–Kier alpha value is -2.30. The molecule has 2 aromatic rings. The lowest BCUT2D eigenvalue weighted by atomic mass is 10.1. The normalized spacial score (nSPS) is 19.7. The Bertz CT molecular complexity index is 584. The number of carbonyl (C=O) groups excluding carboxylic acids is 2. The zero-order chi connectivity index (χ0) is 12.5. The van der Waals surface area contributed by atoms with Crippen LogP contribution in [0.5, 0.6) is 0 Å². The number of fused-ring (bicyclic) bond motifs is 1. The number of benzene rings is 1. The molecule has 18 heavy (non-hydrogen) atoms. The average Bonchev–Trinajstić information content (AvgIpc) is 2.76. The van der Waals surface area contributed by atoms with Gasteiger partial charge in [0.05, 0.1) is 6.54 Å². The van der Waals surface area contributed by atoms with Gasteiger partial charge in [0.2, 0.25) is 11.8 Å². The minimum atomic E-state index is -0.487. The standard InChI is InChI=1S/C13H13N3O2/c17-12-7-14-13(18)11(16-12)6-9-5-8-3-1-2-4-10(8)15-9/h1-5,11,15H,6-7H2,(H,14,18)(H,16,17)/t11-/m0/s1. The highest BCUT2D eigenvalue weighted by Gasteiger charge is 2.26. The molecule has 2 amide bonds. The molecule has 0 radical (unpaired) electrons. The summed E-state index contributed by atoms with van der Waals surface area (Å²) in [5.41, 5.74) is 1.98. The number of piperazine rings is 1. The summed E-state index contributed by atoms with van der Waals surface area (Å²) in [6.45, 7) is 0.0715. The summed E-state index contributed by atoms with van der Waals surface area (Å²) in [4.78, 5) is 26.1. The van der Waals surface area contributed by atoms with E-state index in [-0.39, 0.29) is 18.4 Å².